The van der Waals surface area contributed by atoms with Crippen LogP contribution in [0.2, 0.25) is 0 Å². The minimum Gasteiger partial charge on any atom is -0.337 e. The normalized spacial score (nSPS) is 22.5. The molecule has 2 amide bonds. The molecule has 3 heterocycles. The van der Waals surface area contributed by atoms with E-state index in [1.165, 1.54) is 12.1 Å². The number of nitrogens with one attached hydrogen (secondary N) is 1. The van der Waals surface area contributed by atoms with Gasteiger partial charge in [-0.25, -0.2) is 9.37 Å². The summed E-state index contributed by atoms with van der Waals surface area (Å²) in [5, 5.41) is 2.90. The first kappa shape index (κ1) is 21.4. The third kappa shape index (κ3) is 4.90. The molecule has 8 heteroatoms. The monoisotopic (exact) mass is 425 g/mol. The van der Waals surface area contributed by atoms with Gasteiger partial charge in [-0.2, -0.15) is 0 Å². The van der Waals surface area contributed by atoms with Gasteiger partial charge in [0.25, 0.3) is 5.91 Å². The Hall–Kier alpha value is -2.87. The molecule has 2 aromatic rings. The molecular weight excluding hydrogens is 397 g/mol. The summed E-state index contributed by atoms with van der Waals surface area (Å²) >= 11 is 0. The molecule has 0 saturated carbocycles. The van der Waals surface area contributed by atoms with Crippen molar-refractivity contribution in [3.8, 4) is 0 Å². The van der Waals surface area contributed by atoms with E-state index in [4.69, 9.17) is 0 Å². The zero-order valence-electron chi connectivity index (χ0n) is 17.9. The predicted octanol–water partition coefficient (Wildman–Crippen LogP) is 2.74. The molecule has 164 valence electrons. The minimum atomic E-state index is -0.321. The van der Waals surface area contributed by atoms with Gasteiger partial charge in [0.1, 0.15) is 11.5 Å². The van der Waals surface area contributed by atoms with Gasteiger partial charge in [-0.3, -0.25) is 14.6 Å². The lowest BCUT2D eigenvalue weighted by Crippen LogP contribution is -2.44. The average molecular weight is 426 g/mol. The highest BCUT2D eigenvalue weighted by Crippen LogP contribution is 2.33. The van der Waals surface area contributed by atoms with E-state index in [0.717, 1.165) is 25.0 Å². The topological polar surface area (TPSA) is 78.4 Å². The lowest BCUT2D eigenvalue weighted by Gasteiger charge is -2.37. The molecule has 0 radical (unpaired) electrons. The fourth-order valence-electron chi connectivity index (χ4n) is 4.70. The van der Waals surface area contributed by atoms with Crippen LogP contribution in [0.25, 0.3) is 0 Å². The second kappa shape index (κ2) is 9.09. The SMILES string of the molecule is Cc1cnc(C(=O)N2CCC([C@@H]3C[C@@H](C(=O)Nc4ccc(F)cc4)CN3C)CC2)cn1. The van der Waals surface area contributed by atoms with E-state index in [1.807, 2.05) is 11.8 Å². The third-order valence-electron chi connectivity index (χ3n) is 6.45. The van der Waals surface area contributed by atoms with Gasteiger partial charge in [0, 0.05) is 37.6 Å². The molecule has 1 aromatic heterocycles. The Morgan fingerprint density at radius 3 is 2.45 bits per heavy atom. The van der Waals surface area contributed by atoms with Gasteiger partial charge in [-0.1, -0.05) is 0 Å². The lowest BCUT2D eigenvalue weighted by molar-refractivity contribution is -0.119. The zero-order valence-corrected chi connectivity index (χ0v) is 17.9. The van der Waals surface area contributed by atoms with Crippen molar-refractivity contribution in [1.29, 1.82) is 0 Å². The van der Waals surface area contributed by atoms with Crippen molar-refractivity contribution in [2.24, 2.45) is 11.8 Å². The van der Waals surface area contributed by atoms with Crippen LogP contribution in [0.4, 0.5) is 10.1 Å². The molecule has 1 N–H and O–H groups in total. The quantitative estimate of drug-likeness (QED) is 0.815. The third-order valence-corrected chi connectivity index (χ3v) is 6.45. The summed E-state index contributed by atoms with van der Waals surface area (Å²) in [6, 6.07) is 6.16. The molecule has 2 atom stereocenters. The summed E-state index contributed by atoms with van der Waals surface area (Å²) in [5.41, 5.74) is 1.79. The summed E-state index contributed by atoms with van der Waals surface area (Å²) < 4.78 is 13.1. The smallest absolute Gasteiger partial charge is 0.274 e. The second-order valence-electron chi connectivity index (χ2n) is 8.61. The number of carbonyl (C=O) groups is 2. The Morgan fingerprint density at radius 2 is 1.81 bits per heavy atom. The van der Waals surface area contributed by atoms with E-state index >= 15 is 0 Å². The first-order chi connectivity index (χ1) is 14.9. The van der Waals surface area contributed by atoms with Crippen LogP contribution in [0, 0.1) is 24.6 Å². The fraction of sp³-hybridized carbons (Fsp3) is 0.478. The Kier molecular flexibility index (Phi) is 6.27. The van der Waals surface area contributed by atoms with Gasteiger partial charge >= 0.3 is 0 Å². The highest BCUT2D eigenvalue weighted by Gasteiger charge is 2.39. The maximum absolute atomic E-state index is 13.1. The van der Waals surface area contributed by atoms with Crippen LogP contribution < -0.4 is 5.32 Å². The van der Waals surface area contributed by atoms with Gasteiger partial charge in [-0.05, 0) is 63.4 Å². The predicted molar refractivity (Wildman–Crippen MR) is 115 cm³/mol. The summed E-state index contributed by atoms with van der Waals surface area (Å²) in [7, 11) is 2.06. The van der Waals surface area contributed by atoms with Crippen molar-refractivity contribution in [3.63, 3.8) is 0 Å². The molecule has 0 spiro atoms. The summed E-state index contributed by atoms with van der Waals surface area (Å²) in [6.45, 7) is 3.93. The number of aryl methyl sites for hydroxylation is 1. The number of carbonyl (C=O) groups excluding carboxylic acids is 2. The number of benzene rings is 1. The number of amides is 2. The van der Waals surface area contributed by atoms with Gasteiger partial charge in [0.2, 0.25) is 5.91 Å². The molecular formula is C23H28FN5O2. The standard InChI is InChI=1S/C23H28FN5O2/c1-15-12-26-20(13-25-15)23(31)29-9-7-16(8-10-29)21-11-17(14-28(21)2)22(30)27-19-5-3-18(24)4-6-19/h3-6,12-13,16-17,21H,7-11,14H2,1-2H3,(H,27,30)/t17-,21+/m1/s1. The van der Waals surface area contributed by atoms with E-state index in [9.17, 15) is 14.0 Å². The Labute approximate surface area is 181 Å². The fourth-order valence-corrected chi connectivity index (χ4v) is 4.70. The summed E-state index contributed by atoms with van der Waals surface area (Å²) in [4.78, 5) is 37.9. The number of hydrogen-bond donors (Lipinski definition) is 1. The van der Waals surface area contributed by atoms with E-state index in [2.05, 4.69) is 27.2 Å². The maximum atomic E-state index is 13.1. The van der Waals surface area contributed by atoms with Gasteiger partial charge in [0.05, 0.1) is 17.8 Å². The molecule has 31 heavy (non-hydrogen) atoms. The first-order valence-corrected chi connectivity index (χ1v) is 10.8. The highest BCUT2D eigenvalue weighted by molar-refractivity contribution is 5.93. The minimum absolute atomic E-state index is 0.0217. The molecule has 2 aliphatic rings. The van der Waals surface area contributed by atoms with Crippen molar-refractivity contribution in [1.82, 2.24) is 19.8 Å². The van der Waals surface area contributed by atoms with Crippen LogP contribution in [0.5, 0.6) is 0 Å². The van der Waals surface area contributed by atoms with Crippen molar-refractivity contribution < 1.29 is 14.0 Å². The molecule has 4 rings (SSSR count). The van der Waals surface area contributed by atoms with Crippen LogP contribution in [0.3, 0.4) is 0 Å². The number of rotatable bonds is 4. The molecule has 0 bridgehead atoms. The van der Waals surface area contributed by atoms with Crippen molar-refractivity contribution >= 4 is 17.5 Å². The van der Waals surface area contributed by atoms with Gasteiger partial charge < -0.3 is 15.1 Å². The summed E-state index contributed by atoms with van der Waals surface area (Å²) in [6.07, 6.45) is 5.77. The van der Waals surface area contributed by atoms with Gasteiger partial charge in [-0.15, -0.1) is 0 Å². The molecule has 0 unspecified atom stereocenters. The molecule has 7 nitrogen and oxygen atoms in total. The number of anilines is 1. The number of hydrogen-bond acceptors (Lipinski definition) is 5. The number of nitrogens with zero attached hydrogens (tertiary/aromatic N) is 4. The van der Waals surface area contributed by atoms with E-state index in [1.54, 1.807) is 24.5 Å². The zero-order chi connectivity index (χ0) is 22.0. The highest BCUT2D eigenvalue weighted by atomic mass is 19.1. The lowest BCUT2D eigenvalue weighted by atomic mass is 9.86. The Balaban J connectivity index is 1.30. The molecule has 2 aliphatic heterocycles. The molecule has 1 aromatic carbocycles. The number of aromatic nitrogens is 2. The number of halogens is 1. The van der Waals surface area contributed by atoms with Crippen molar-refractivity contribution in [3.05, 3.63) is 53.9 Å². The first-order valence-electron chi connectivity index (χ1n) is 10.8. The molecule has 0 aliphatic carbocycles. The van der Waals surface area contributed by atoms with E-state index in [0.29, 0.717) is 43.0 Å². The largest absolute Gasteiger partial charge is 0.337 e. The van der Waals surface area contributed by atoms with Crippen LogP contribution in [-0.2, 0) is 4.79 Å². The Morgan fingerprint density at radius 1 is 1.10 bits per heavy atom. The van der Waals surface area contributed by atoms with Crippen LogP contribution >= 0.6 is 0 Å². The van der Waals surface area contributed by atoms with Crippen LogP contribution in [0.1, 0.15) is 35.4 Å². The second-order valence-corrected chi connectivity index (χ2v) is 8.61. The number of likely N-dealkylation sites (tertiary alicyclic amines) is 2. The van der Waals surface area contributed by atoms with Crippen LogP contribution in [-0.4, -0.2) is 64.3 Å². The maximum Gasteiger partial charge on any atom is 0.274 e. The van der Waals surface area contributed by atoms with E-state index < -0.39 is 0 Å². The average Bonchev–Trinajstić information content (AvgIpc) is 3.17. The number of piperidine rings is 1. The van der Waals surface area contributed by atoms with Crippen molar-refractivity contribution in [2.45, 2.75) is 32.2 Å². The molecule has 2 saturated heterocycles. The Bertz CT molecular complexity index is 926. The summed E-state index contributed by atoms with van der Waals surface area (Å²) in [5.74, 6) is -0.0592. The van der Waals surface area contributed by atoms with Crippen LogP contribution in [0.15, 0.2) is 36.7 Å². The van der Waals surface area contributed by atoms with E-state index in [-0.39, 0.29) is 23.5 Å². The van der Waals surface area contributed by atoms with Gasteiger partial charge in [0.15, 0.2) is 0 Å². The molecule has 2 fully saturated rings. The van der Waals surface area contributed by atoms with Crippen molar-refractivity contribution in [2.75, 3.05) is 32.0 Å².